The van der Waals surface area contributed by atoms with E-state index < -0.39 is 0 Å². The first-order valence-electron chi connectivity index (χ1n) is 9.71. The van der Waals surface area contributed by atoms with Gasteiger partial charge in [-0.1, -0.05) is 19.8 Å². The Morgan fingerprint density at radius 1 is 1.12 bits per heavy atom. The summed E-state index contributed by atoms with van der Waals surface area (Å²) < 4.78 is 11.4. The molecule has 138 valence electrons. The van der Waals surface area contributed by atoms with Crippen molar-refractivity contribution < 1.29 is 14.3 Å². The summed E-state index contributed by atoms with van der Waals surface area (Å²) in [4.78, 5) is 14.8. The SMILES string of the molecule is CCCCc1cc2c(cc1NC(=O)CCN1CCCCC1)OCCO2. The Balaban J connectivity index is 1.63. The summed E-state index contributed by atoms with van der Waals surface area (Å²) in [5.74, 6) is 1.61. The van der Waals surface area contributed by atoms with Crippen LogP contribution in [0.25, 0.3) is 0 Å². The van der Waals surface area contributed by atoms with Crippen LogP contribution < -0.4 is 14.8 Å². The number of piperidine rings is 1. The number of rotatable bonds is 7. The summed E-state index contributed by atoms with van der Waals surface area (Å²) in [5.41, 5.74) is 2.01. The average Bonchev–Trinajstić information content (AvgIpc) is 2.65. The van der Waals surface area contributed by atoms with Gasteiger partial charge in [0.2, 0.25) is 5.91 Å². The third kappa shape index (κ3) is 5.11. The number of nitrogens with zero attached hydrogens (tertiary/aromatic N) is 1. The number of fused-ring (bicyclic) bond motifs is 1. The van der Waals surface area contributed by atoms with E-state index in [1.54, 1.807) is 0 Å². The predicted octanol–water partition coefficient (Wildman–Crippen LogP) is 3.61. The summed E-state index contributed by atoms with van der Waals surface area (Å²) in [6.07, 6.45) is 7.53. The zero-order valence-corrected chi connectivity index (χ0v) is 15.3. The first-order chi connectivity index (χ1) is 12.3. The Morgan fingerprint density at radius 2 is 1.84 bits per heavy atom. The Morgan fingerprint density at radius 3 is 2.56 bits per heavy atom. The molecule has 0 radical (unpaired) electrons. The number of aryl methyl sites for hydroxylation is 1. The van der Waals surface area contributed by atoms with Crippen LogP contribution >= 0.6 is 0 Å². The zero-order valence-electron chi connectivity index (χ0n) is 15.3. The molecule has 2 aliphatic rings. The minimum Gasteiger partial charge on any atom is -0.486 e. The van der Waals surface area contributed by atoms with Crippen molar-refractivity contribution in [2.24, 2.45) is 0 Å². The lowest BCUT2D eigenvalue weighted by molar-refractivity contribution is -0.116. The van der Waals surface area contributed by atoms with Crippen LogP contribution in [0, 0.1) is 0 Å². The van der Waals surface area contributed by atoms with Gasteiger partial charge < -0.3 is 19.7 Å². The molecule has 1 fully saturated rings. The average molecular weight is 346 g/mol. The molecule has 0 aromatic heterocycles. The third-order valence-electron chi connectivity index (χ3n) is 4.95. The number of likely N-dealkylation sites (tertiary alicyclic amines) is 1. The van der Waals surface area contributed by atoms with Gasteiger partial charge in [0.05, 0.1) is 0 Å². The number of carbonyl (C=O) groups excluding carboxylic acids is 1. The highest BCUT2D eigenvalue weighted by atomic mass is 16.6. The lowest BCUT2D eigenvalue weighted by Crippen LogP contribution is -2.32. The first-order valence-corrected chi connectivity index (χ1v) is 9.71. The van der Waals surface area contributed by atoms with Crippen LogP contribution in [0.5, 0.6) is 11.5 Å². The summed E-state index contributed by atoms with van der Waals surface area (Å²) in [6, 6.07) is 3.96. The van der Waals surface area contributed by atoms with Gasteiger partial charge in [-0.05, 0) is 50.4 Å². The van der Waals surface area contributed by atoms with Gasteiger partial charge in [0.15, 0.2) is 11.5 Å². The molecule has 0 aliphatic carbocycles. The number of benzene rings is 1. The van der Waals surface area contributed by atoms with E-state index in [1.807, 2.05) is 12.1 Å². The van der Waals surface area contributed by atoms with Crippen molar-refractivity contribution in [3.8, 4) is 11.5 Å². The minimum absolute atomic E-state index is 0.0833. The highest BCUT2D eigenvalue weighted by Gasteiger charge is 2.18. The lowest BCUT2D eigenvalue weighted by atomic mass is 10.0. The number of ether oxygens (including phenoxy) is 2. The maximum atomic E-state index is 12.4. The topological polar surface area (TPSA) is 50.8 Å². The molecule has 2 aliphatic heterocycles. The molecular weight excluding hydrogens is 316 g/mol. The highest BCUT2D eigenvalue weighted by Crippen LogP contribution is 2.36. The molecule has 3 rings (SSSR count). The largest absolute Gasteiger partial charge is 0.486 e. The maximum Gasteiger partial charge on any atom is 0.225 e. The monoisotopic (exact) mass is 346 g/mol. The van der Waals surface area contributed by atoms with Gasteiger partial charge in [0, 0.05) is 24.7 Å². The van der Waals surface area contributed by atoms with E-state index in [0.29, 0.717) is 19.6 Å². The van der Waals surface area contributed by atoms with E-state index in [2.05, 4.69) is 17.1 Å². The lowest BCUT2D eigenvalue weighted by Gasteiger charge is -2.26. The Kier molecular flexibility index (Phi) is 6.56. The summed E-state index contributed by atoms with van der Waals surface area (Å²) in [7, 11) is 0. The molecule has 0 atom stereocenters. The molecule has 0 bridgehead atoms. The smallest absolute Gasteiger partial charge is 0.225 e. The Bertz CT molecular complexity index is 583. The van der Waals surface area contributed by atoms with Crippen LogP contribution in [0.4, 0.5) is 5.69 Å². The summed E-state index contributed by atoms with van der Waals surface area (Å²) in [6.45, 7) is 6.42. The van der Waals surface area contributed by atoms with E-state index in [9.17, 15) is 4.79 Å². The Labute approximate surface area is 150 Å². The van der Waals surface area contributed by atoms with Gasteiger partial charge in [-0.25, -0.2) is 0 Å². The minimum atomic E-state index is 0.0833. The molecule has 0 saturated carbocycles. The number of unbranched alkanes of at least 4 members (excludes halogenated alkanes) is 1. The fourth-order valence-electron chi connectivity index (χ4n) is 3.48. The van der Waals surface area contributed by atoms with Gasteiger partial charge >= 0.3 is 0 Å². The van der Waals surface area contributed by atoms with Crippen LogP contribution in [0.3, 0.4) is 0 Å². The van der Waals surface area contributed by atoms with Crippen molar-refractivity contribution in [3.05, 3.63) is 17.7 Å². The van der Waals surface area contributed by atoms with Gasteiger partial charge in [0.25, 0.3) is 0 Å². The second-order valence-electron chi connectivity index (χ2n) is 6.96. The van der Waals surface area contributed by atoms with Crippen LogP contribution in [0.1, 0.15) is 51.0 Å². The van der Waals surface area contributed by atoms with E-state index in [0.717, 1.165) is 61.6 Å². The van der Waals surface area contributed by atoms with E-state index >= 15 is 0 Å². The van der Waals surface area contributed by atoms with Gasteiger partial charge in [-0.15, -0.1) is 0 Å². The molecule has 1 amide bonds. The molecule has 5 nitrogen and oxygen atoms in total. The fourth-order valence-corrected chi connectivity index (χ4v) is 3.48. The normalized spacial score (nSPS) is 17.3. The standard InChI is InChI=1S/C20H30N2O3/c1-2-3-7-16-14-18-19(25-13-12-24-18)15-17(16)21-20(23)8-11-22-9-5-4-6-10-22/h14-15H,2-13H2,1H3,(H,21,23). The second-order valence-corrected chi connectivity index (χ2v) is 6.96. The number of hydrogen-bond acceptors (Lipinski definition) is 4. The number of anilines is 1. The van der Waals surface area contributed by atoms with Crippen molar-refractivity contribution >= 4 is 11.6 Å². The number of nitrogens with one attached hydrogen (secondary N) is 1. The van der Waals surface area contributed by atoms with Crippen molar-refractivity contribution in [2.45, 2.75) is 51.9 Å². The number of carbonyl (C=O) groups is 1. The molecule has 1 aromatic carbocycles. The molecular formula is C20H30N2O3. The molecule has 2 heterocycles. The fraction of sp³-hybridized carbons (Fsp3) is 0.650. The van der Waals surface area contributed by atoms with Gasteiger partial charge in [-0.3, -0.25) is 4.79 Å². The van der Waals surface area contributed by atoms with E-state index in [4.69, 9.17) is 9.47 Å². The molecule has 0 unspecified atom stereocenters. The van der Waals surface area contributed by atoms with Gasteiger partial charge in [0.1, 0.15) is 13.2 Å². The number of hydrogen-bond donors (Lipinski definition) is 1. The predicted molar refractivity (Wildman–Crippen MR) is 99.6 cm³/mol. The van der Waals surface area contributed by atoms with Gasteiger partial charge in [-0.2, -0.15) is 0 Å². The quantitative estimate of drug-likeness (QED) is 0.819. The Hall–Kier alpha value is -1.75. The van der Waals surface area contributed by atoms with Crippen LogP contribution in [0.2, 0.25) is 0 Å². The zero-order chi connectivity index (χ0) is 17.5. The molecule has 0 spiro atoms. The molecule has 25 heavy (non-hydrogen) atoms. The van der Waals surface area contributed by atoms with Crippen molar-refractivity contribution in [1.82, 2.24) is 4.90 Å². The first kappa shape index (κ1) is 18.1. The van der Waals surface area contributed by atoms with Crippen molar-refractivity contribution in [2.75, 3.05) is 38.2 Å². The van der Waals surface area contributed by atoms with E-state index in [-0.39, 0.29) is 5.91 Å². The molecule has 5 heteroatoms. The van der Waals surface area contributed by atoms with Crippen molar-refractivity contribution in [3.63, 3.8) is 0 Å². The summed E-state index contributed by atoms with van der Waals surface area (Å²) in [5, 5.41) is 3.11. The van der Waals surface area contributed by atoms with Crippen LogP contribution in [-0.4, -0.2) is 43.7 Å². The van der Waals surface area contributed by atoms with Crippen molar-refractivity contribution in [1.29, 1.82) is 0 Å². The molecule has 1 N–H and O–H groups in total. The third-order valence-corrected chi connectivity index (χ3v) is 4.95. The highest BCUT2D eigenvalue weighted by molar-refractivity contribution is 5.92. The summed E-state index contributed by atoms with van der Waals surface area (Å²) >= 11 is 0. The second kappa shape index (κ2) is 9.09. The van der Waals surface area contributed by atoms with Crippen LogP contribution in [0.15, 0.2) is 12.1 Å². The molecule has 1 aromatic rings. The van der Waals surface area contributed by atoms with Crippen LogP contribution in [-0.2, 0) is 11.2 Å². The van der Waals surface area contributed by atoms with E-state index in [1.165, 1.54) is 19.3 Å². The number of amides is 1. The molecule has 1 saturated heterocycles. The maximum absolute atomic E-state index is 12.4.